The summed E-state index contributed by atoms with van der Waals surface area (Å²) in [5.41, 5.74) is 0. The van der Waals surface area contributed by atoms with Crippen LogP contribution in [-0.4, -0.2) is 61.2 Å². The van der Waals surface area contributed by atoms with E-state index in [1.165, 1.54) is 65.0 Å². The predicted molar refractivity (Wildman–Crippen MR) is 82.6 cm³/mol. The summed E-state index contributed by atoms with van der Waals surface area (Å²) in [5, 5.41) is 3.61. The number of piperazine rings is 1. The molecule has 0 radical (unpaired) electrons. The van der Waals surface area contributed by atoms with Crippen molar-refractivity contribution in [2.75, 3.05) is 39.3 Å². The maximum atomic E-state index is 3.61. The SMILES string of the molecule is CCCNCC1CCC1N1CCN(C(C)CC)CC1. The maximum Gasteiger partial charge on any atom is 0.0137 e. The Morgan fingerprint density at radius 3 is 2.37 bits per heavy atom. The largest absolute Gasteiger partial charge is 0.316 e. The van der Waals surface area contributed by atoms with Crippen molar-refractivity contribution in [3.8, 4) is 0 Å². The van der Waals surface area contributed by atoms with Crippen LogP contribution in [0.1, 0.15) is 46.5 Å². The molecule has 1 saturated carbocycles. The lowest BCUT2D eigenvalue weighted by Gasteiger charge is -2.48. The lowest BCUT2D eigenvalue weighted by Crippen LogP contribution is -2.58. The predicted octanol–water partition coefficient (Wildman–Crippen LogP) is 2.18. The van der Waals surface area contributed by atoms with Gasteiger partial charge < -0.3 is 5.32 Å². The minimum absolute atomic E-state index is 0.769. The van der Waals surface area contributed by atoms with E-state index in [2.05, 4.69) is 35.9 Å². The number of hydrogen-bond acceptors (Lipinski definition) is 3. The van der Waals surface area contributed by atoms with Gasteiger partial charge >= 0.3 is 0 Å². The molecule has 2 rings (SSSR count). The Labute approximate surface area is 119 Å². The molecule has 3 unspecified atom stereocenters. The van der Waals surface area contributed by atoms with Gasteiger partial charge in [0, 0.05) is 38.3 Å². The highest BCUT2D eigenvalue weighted by molar-refractivity contribution is 4.92. The van der Waals surface area contributed by atoms with Crippen molar-refractivity contribution >= 4 is 0 Å². The van der Waals surface area contributed by atoms with Gasteiger partial charge in [0.2, 0.25) is 0 Å². The van der Waals surface area contributed by atoms with Gasteiger partial charge in [-0.05, 0) is 51.6 Å². The normalized spacial score (nSPS) is 31.1. The molecule has 1 heterocycles. The second-order valence-corrected chi connectivity index (χ2v) is 6.44. The molecule has 0 aromatic rings. The average molecular weight is 267 g/mol. The molecule has 2 aliphatic rings. The molecule has 1 saturated heterocycles. The van der Waals surface area contributed by atoms with Crippen LogP contribution in [0.2, 0.25) is 0 Å². The number of hydrogen-bond donors (Lipinski definition) is 1. The number of rotatable bonds is 7. The summed E-state index contributed by atoms with van der Waals surface area (Å²) in [6, 6.07) is 1.65. The minimum Gasteiger partial charge on any atom is -0.316 e. The fourth-order valence-corrected chi connectivity index (χ4v) is 3.50. The first kappa shape index (κ1) is 15.3. The molecule has 1 aliphatic heterocycles. The van der Waals surface area contributed by atoms with Crippen molar-refractivity contribution in [1.82, 2.24) is 15.1 Å². The van der Waals surface area contributed by atoms with Crippen molar-refractivity contribution in [1.29, 1.82) is 0 Å². The van der Waals surface area contributed by atoms with Crippen LogP contribution in [0.5, 0.6) is 0 Å². The molecule has 3 heteroatoms. The third-order valence-electron chi connectivity index (χ3n) is 5.24. The molecule has 0 spiro atoms. The molecule has 3 atom stereocenters. The quantitative estimate of drug-likeness (QED) is 0.713. The first-order chi connectivity index (χ1) is 9.26. The van der Waals surface area contributed by atoms with E-state index >= 15 is 0 Å². The van der Waals surface area contributed by atoms with Gasteiger partial charge in [0.15, 0.2) is 0 Å². The summed E-state index contributed by atoms with van der Waals surface area (Å²) in [6.45, 7) is 14.5. The first-order valence-electron chi connectivity index (χ1n) is 8.45. The van der Waals surface area contributed by atoms with E-state index < -0.39 is 0 Å². The van der Waals surface area contributed by atoms with Gasteiger partial charge in [-0.15, -0.1) is 0 Å². The Bertz CT molecular complexity index is 248. The lowest BCUT2D eigenvalue weighted by molar-refractivity contribution is 0.0111. The highest BCUT2D eigenvalue weighted by Gasteiger charge is 2.36. The smallest absolute Gasteiger partial charge is 0.0137 e. The van der Waals surface area contributed by atoms with Crippen molar-refractivity contribution in [2.24, 2.45) is 5.92 Å². The average Bonchev–Trinajstić information content (AvgIpc) is 2.42. The van der Waals surface area contributed by atoms with Gasteiger partial charge in [-0.3, -0.25) is 9.80 Å². The van der Waals surface area contributed by atoms with Crippen LogP contribution < -0.4 is 5.32 Å². The van der Waals surface area contributed by atoms with Crippen molar-refractivity contribution in [3.05, 3.63) is 0 Å². The standard InChI is InChI=1S/C16H33N3/c1-4-8-17-13-15-6-7-16(15)19-11-9-18(10-12-19)14(3)5-2/h14-17H,4-13H2,1-3H3. The van der Waals surface area contributed by atoms with E-state index in [1.54, 1.807) is 0 Å². The van der Waals surface area contributed by atoms with Crippen molar-refractivity contribution in [2.45, 2.75) is 58.5 Å². The van der Waals surface area contributed by atoms with Gasteiger partial charge in [-0.25, -0.2) is 0 Å². The Morgan fingerprint density at radius 1 is 1.11 bits per heavy atom. The Hall–Kier alpha value is -0.120. The highest BCUT2D eigenvalue weighted by Crippen LogP contribution is 2.32. The Kier molecular flexibility index (Phi) is 6.11. The topological polar surface area (TPSA) is 18.5 Å². The van der Waals surface area contributed by atoms with Crippen LogP contribution >= 0.6 is 0 Å². The molecule has 1 N–H and O–H groups in total. The molecular formula is C16H33N3. The van der Waals surface area contributed by atoms with Crippen LogP contribution in [0.25, 0.3) is 0 Å². The van der Waals surface area contributed by atoms with E-state index in [1.807, 2.05) is 0 Å². The molecular weight excluding hydrogens is 234 g/mol. The fourth-order valence-electron chi connectivity index (χ4n) is 3.50. The number of nitrogens with zero attached hydrogens (tertiary/aromatic N) is 2. The molecule has 112 valence electrons. The summed E-state index contributed by atoms with van der Waals surface area (Å²) >= 11 is 0. The Balaban J connectivity index is 1.69. The zero-order valence-corrected chi connectivity index (χ0v) is 13.2. The molecule has 19 heavy (non-hydrogen) atoms. The van der Waals surface area contributed by atoms with Crippen LogP contribution in [0.15, 0.2) is 0 Å². The second kappa shape index (κ2) is 7.61. The van der Waals surface area contributed by atoms with E-state index in [-0.39, 0.29) is 0 Å². The summed E-state index contributed by atoms with van der Waals surface area (Å²) in [5.74, 6) is 0.918. The molecule has 2 fully saturated rings. The van der Waals surface area contributed by atoms with E-state index in [4.69, 9.17) is 0 Å². The van der Waals surface area contributed by atoms with Crippen LogP contribution in [0.3, 0.4) is 0 Å². The molecule has 1 aliphatic carbocycles. The van der Waals surface area contributed by atoms with Crippen LogP contribution in [-0.2, 0) is 0 Å². The molecule has 0 amide bonds. The van der Waals surface area contributed by atoms with Gasteiger partial charge in [0.05, 0.1) is 0 Å². The van der Waals surface area contributed by atoms with E-state index in [0.29, 0.717) is 0 Å². The summed E-state index contributed by atoms with van der Waals surface area (Å²) in [7, 11) is 0. The lowest BCUT2D eigenvalue weighted by atomic mass is 9.78. The van der Waals surface area contributed by atoms with Gasteiger partial charge in [0.1, 0.15) is 0 Å². The summed E-state index contributed by atoms with van der Waals surface area (Å²) < 4.78 is 0. The maximum absolute atomic E-state index is 3.61. The highest BCUT2D eigenvalue weighted by atomic mass is 15.3. The van der Waals surface area contributed by atoms with Crippen molar-refractivity contribution in [3.63, 3.8) is 0 Å². The molecule has 0 aromatic heterocycles. The molecule has 0 aromatic carbocycles. The molecule has 0 bridgehead atoms. The van der Waals surface area contributed by atoms with Crippen LogP contribution in [0, 0.1) is 5.92 Å². The van der Waals surface area contributed by atoms with Gasteiger partial charge in [0.25, 0.3) is 0 Å². The summed E-state index contributed by atoms with van der Waals surface area (Å²) in [6.07, 6.45) is 5.41. The second-order valence-electron chi connectivity index (χ2n) is 6.44. The zero-order valence-electron chi connectivity index (χ0n) is 13.2. The molecule has 3 nitrogen and oxygen atoms in total. The third-order valence-corrected chi connectivity index (χ3v) is 5.24. The fraction of sp³-hybridized carbons (Fsp3) is 1.00. The van der Waals surface area contributed by atoms with Crippen molar-refractivity contribution < 1.29 is 0 Å². The zero-order chi connectivity index (χ0) is 13.7. The van der Waals surface area contributed by atoms with Gasteiger partial charge in [-0.2, -0.15) is 0 Å². The Morgan fingerprint density at radius 2 is 1.84 bits per heavy atom. The van der Waals surface area contributed by atoms with Crippen LogP contribution in [0.4, 0.5) is 0 Å². The monoisotopic (exact) mass is 267 g/mol. The van der Waals surface area contributed by atoms with Gasteiger partial charge in [-0.1, -0.05) is 13.8 Å². The first-order valence-corrected chi connectivity index (χ1v) is 8.45. The number of nitrogens with one attached hydrogen (secondary N) is 1. The minimum atomic E-state index is 0.769. The van der Waals surface area contributed by atoms with E-state index in [0.717, 1.165) is 18.0 Å². The van der Waals surface area contributed by atoms with E-state index in [9.17, 15) is 0 Å². The summed E-state index contributed by atoms with van der Waals surface area (Å²) in [4.78, 5) is 5.43. The third kappa shape index (κ3) is 3.93.